The fraction of sp³-hybridized carbons (Fsp3) is 0.0714. The van der Waals surface area contributed by atoms with E-state index >= 15 is 0 Å². The first-order valence-electron chi connectivity index (χ1n) is 6.10. The average Bonchev–Trinajstić information content (AvgIpc) is 2.45. The molecule has 7 heteroatoms. The average molecular weight is 320 g/mol. The second-order valence-corrected chi connectivity index (χ2v) is 5.95. The standard InChI is InChI=1S/C14H10ClN3O2S/c1-7-6-10-11(13(20)18-17-12(10)19)14(16-7)21-9-4-2-8(15)3-5-9/h2-6H,1H3,(H,17,19)(H,18,20). The Morgan fingerprint density at radius 3 is 2.48 bits per heavy atom. The lowest BCUT2D eigenvalue weighted by Crippen LogP contribution is -2.20. The van der Waals surface area contributed by atoms with Crippen LogP contribution in [0.15, 0.2) is 49.8 Å². The number of H-pyrrole nitrogens is 2. The van der Waals surface area contributed by atoms with Crippen molar-refractivity contribution in [2.24, 2.45) is 0 Å². The van der Waals surface area contributed by atoms with E-state index in [1.807, 2.05) is 12.1 Å². The van der Waals surface area contributed by atoms with Gasteiger partial charge in [-0.3, -0.25) is 19.8 Å². The summed E-state index contributed by atoms with van der Waals surface area (Å²) in [7, 11) is 0. The molecule has 0 fully saturated rings. The molecule has 0 aliphatic rings. The molecule has 2 heterocycles. The maximum absolute atomic E-state index is 12.0. The van der Waals surface area contributed by atoms with Gasteiger partial charge in [-0.05, 0) is 37.3 Å². The van der Waals surface area contributed by atoms with Crippen LogP contribution in [-0.2, 0) is 0 Å². The lowest BCUT2D eigenvalue weighted by molar-refractivity contribution is 0.960. The first-order valence-corrected chi connectivity index (χ1v) is 7.30. The first-order chi connectivity index (χ1) is 10.0. The molecule has 21 heavy (non-hydrogen) atoms. The Labute approximate surface area is 128 Å². The number of fused-ring (bicyclic) bond motifs is 1. The van der Waals surface area contributed by atoms with Gasteiger partial charge < -0.3 is 0 Å². The van der Waals surface area contributed by atoms with Gasteiger partial charge in [-0.15, -0.1) is 0 Å². The summed E-state index contributed by atoms with van der Waals surface area (Å²) in [6.07, 6.45) is 0. The summed E-state index contributed by atoms with van der Waals surface area (Å²) in [5.41, 5.74) is -0.0308. The Morgan fingerprint density at radius 1 is 1.10 bits per heavy atom. The summed E-state index contributed by atoms with van der Waals surface area (Å²) in [5.74, 6) is 0. The summed E-state index contributed by atoms with van der Waals surface area (Å²) in [5, 5.41) is 6.42. The van der Waals surface area contributed by atoms with E-state index in [-0.39, 0.29) is 11.1 Å². The number of rotatable bonds is 2. The number of aryl methyl sites for hydroxylation is 1. The van der Waals surface area contributed by atoms with E-state index in [0.29, 0.717) is 26.5 Å². The molecule has 3 aromatic rings. The molecule has 3 rings (SSSR count). The van der Waals surface area contributed by atoms with E-state index in [1.54, 1.807) is 25.1 Å². The number of halogens is 1. The van der Waals surface area contributed by atoms with Crippen molar-refractivity contribution in [2.45, 2.75) is 16.8 Å². The second-order valence-electron chi connectivity index (χ2n) is 4.46. The Kier molecular flexibility index (Phi) is 3.57. The molecule has 0 atom stereocenters. The van der Waals surface area contributed by atoms with Crippen LogP contribution in [0.3, 0.4) is 0 Å². The first kappa shape index (κ1) is 13.9. The van der Waals surface area contributed by atoms with Crippen molar-refractivity contribution in [3.63, 3.8) is 0 Å². The third-order valence-electron chi connectivity index (χ3n) is 2.90. The maximum Gasteiger partial charge on any atom is 0.273 e. The number of aromatic amines is 2. The fourth-order valence-corrected chi connectivity index (χ4v) is 3.09. The predicted octanol–water partition coefficient (Wildman–Crippen LogP) is 2.72. The van der Waals surface area contributed by atoms with E-state index in [9.17, 15) is 9.59 Å². The maximum atomic E-state index is 12.0. The number of nitrogens with zero attached hydrogens (tertiary/aromatic N) is 1. The van der Waals surface area contributed by atoms with E-state index < -0.39 is 0 Å². The van der Waals surface area contributed by atoms with Gasteiger partial charge in [0, 0.05) is 15.6 Å². The van der Waals surface area contributed by atoms with Crippen LogP contribution in [0.2, 0.25) is 5.02 Å². The Balaban J connectivity index is 2.22. The molecule has 0 aliphatic carbocycles. The summed E-state index contributed by atoms with van der Waals surface area (Å²) < 4.78 is 0. The molecule has 2 aromatic heterocycles. The highest BCUT2D eigenvalue weighted by Crippen LogP contribution is 2.30. The number of benzene rings is 1. The zero-order valence-corrected chi connectivity index (χ0v) is 12.5. The van der Waals surface area contributed by atoms with Crippen LogP contribution in [0.4, 0.5) is 0 Å². The SMILES string of the molecule is Cc1cc2c(=O)[nH][nH]c(=O)c2c(Sc2ccc(Cl)cc2)n1. The van der Waals surface area contributed by atoms with E-state index in [4.69, 9.17) is 11.6 Å². The van der Waals surface area contributed by atoms with E-state index in [0.717, 1.165) is 4.90 Å². The molecule has 106 valence electrons. The molecule has 2 N–H and O–H groups in total. The number of hydrogen-bond acceptors (Lipinski definition) is 4. The number of pyridine rings is 1. The van der Waals surface area contributed by atoms with Crippen molar-refractivity contribution < 1.29 is 0 Å². The minimum absolute atomic E-state index is 0.296. The van der Waals surface area contributed by atoms with Gasteiger partial charge in [-0.1, -0.05) is 23.4 Å². The van der Waals surface area contributed by atoms with Gasteiger partial charge >= 0.3 is 0 Å². The highest BCUT2D eigenvalue weighted by atomic mass is 35.5. The molecular formula is C14H10ClN3O2S. The van der Waals surface area contributed by atoms with Crippen LogP contribution < -0.4 is 11.1 Å². The largest absolute Gasteiger partial charge is 0.273 e. The highest BCUT2D eigenvalue weighted by Gasteiger charge is 2.12. The molecule has 0 saturated carbocycles. The second kappa shape index (κ2) is 5.38. The minimum Gasteiger partial charge on any atom is -0.267 e. The van der Waals surface area contributed by atoms with Crippen molar-refractivity contribution in [3.8, 4) is 0 Å². The van der Waals surface area contributed by atoms with Crippen molar-refractivity contribution in [1.82, 2.24) is 15.2 Å². The van der Waals surface area contributed by atoms with Crippen LogP contribution in [0.1, 0.15) is 5.69 Å². The van der Waals surface area contributed by atoms with Crippen molar-refractivity contribution >= 4 is 34.1 Å². The Morgan fingerprint density at radius 2 is 1.76 bits per heavy atom. The highest BCUT2D eigenvalue weighted by molar-refractivity contribution is 7.99. The predicted molar refractivity (Wildman–Crippen MR) is 83.3 cm³/mol. The van der Waals surface area contributed by atoms with Gasteiger partial charge in [-0.2, -0.15) is 0 Å². The number of hydrogen-bond donors (Lipinski definition) is 2. The summed E-state index contributed by atoms with van der Waals surface area (Å²) in [6.45, 7) is 1.78. The number of aromatic nitrogens is 3. The van der Waals surface area contributed by atoms with E-state index in [1.165, 1.54) is 11.8 Å². The molecule has 0 radical (unpaired) electrons. The minimum atomic E-state index is -0.367. The van der Waals surface area contributed by atoms with Crippen LogP contribution in [0, 0.1) is 6.92 Å². The Bertz CT molecular complexity index is 932. The fourth-order valence-electron chi connectivity index (χ4n) is 1.97. The lowest BCUT2D eigenvalue weighted by Gasteiger charge is -2.06. The molecular weight excluding hydrogens is 310 g/mol. The molecule has 0 bridgehead atoms. The molecule has 1 aromatic carbocycles. The molecule has 0 saturated heterocycles. The molecule has 0 unspecified atom stereocenters. The van der Waals surface area contributed by atoms with Crippen LogP contribution in [0.25, 0.3) is 10.8 Å². The zero-order valence-electron chi connectivity index (χ0n) is 10.9. The van der Waals surface area contributed by atoms with Crippen molar-refractivity contribution in [1.29, 1.82) is 0 Å². The zero-order chi connectivity index (χ0) is 15.0. The van der Waals surface area contributed by atoms with Crippen LogP contribution in [-0.4, -0.2) is 15.2 Å². The Hall–Kier alpha value is -2.05. The summed E-state index contributed by atoms with van der Waals surface area (Å²) in [4.78, 5) is 29.1. The quantitative estimate of drug-likeness (QED) is 0.761. The van der Waals surface area contributed by atoms with Gasteiger partial charge in [0.25, 0.3) is 11.1 Å². The summed E-state index contributed by atoms with van der Waals surface area (Å²) >= 11 is 7.18. The third-order valence-corrected chi connectivity index (χ3v) is 4.15. The van der Waals surface area contributed by atoms with Gasteiger partial charge in [0.15, 0.2) is 0 Å². The van der Waals surface area contributed by atoms with Gasteiger partial charge in [0.2, 0.25) is 0 Å². The molecule has 0 amide bonds. The topological polar surface area (TPSA) is 78.6 Å². The van der Waals surface area contributed by atoms with Gasteiger partial charge in [0.1, 0.15) is 5.03 Å². The smallest absolute Gasteiger partial charge is 0.267 e. The summed E-state index contributed by atoms with van der Waals surface area (Å²) in [6, 6.07) is 8.81. The number of nitrogens with one attached hydrogen (secondary N) is 2. The van der Waals surface area contributed by atoms with Gasteiger partial charge in [-0.25, -0.2) is 4.98 Å². The monoisotopic (exact) mass is 319 g/mol. The molecule has 5 nitrogen and oxygen atoms in total. The molecule has 0 spiro atoms. The lowest BCUT2D eigenvalue weighted by atomic mass is 10.2. The van der Waals surface area contributed by atoms with Crippen LogP contribution in [0.5, 0.6) is 0 Å². The van der Waals surface area contributed by atoms with Gasteiger partial charge in [0.05, 0.1) is 10.8 Å². The molecule has 0 aliphatic heterocycles. The van der Waals surface area contributed by atoms with Crippen molar-refractivity contribution in [2.75, 3.05) is 0 Å². The van der Waals surface area contributed by atoms with E-state index in [2.05, 4.69) is 15.2 Å². The normalized spacial score (nSPS) is 11.0. The van der Waals surface area contributed by atoms with Crippen LogP contribution >= 0.6 is 23.4 Å². The van der Waals surface area contributed by atoms with Crippen molar-refractivity contribution in [3.05, 3.63) is 61.8 Å². The third kappa shape index (κ3) is 2.72.